The molecule has 0 unspecified atom stereocenters. The van der Waals surface area contributed by atoms with Crippen LogP contribution < -0.4 is 4.90 Å². The molecule has 0 saturated carbocycles. The molecule has 3 fully saturated rings. The average Bonchev–Trinajstić information content (AvgIpc) is 2.98. The maximum Gasteiger partial charge on any atom is 0.128 e. The molecule has 2 atom stereocenters. The Kier molecular flexibility index (Phi) is 6.64. The zero-order valence-corrected chi connectivity index (χ0v) is 17.0. The van der Waals surface area contributed by atoms with E-state index in [1.165, 1.54) is 23.0 Å². The van der Waals surface area contributed by atoms with Crippen molar-refractivity contribution in [3.05, 3.63) is 24.4 Å². The largest absolute Gasteiger partial charge is 0.390 e. The van der Waals surface area contributed by atoms with Crippen molar-refractivity contribution in [3.63, 3.8) is 0 Å². The molecule has 4 rings (SSSR count). The van der Waals surface area contributed by atoms with Gasteiger partial charge in [-0.3, -0.25) is 9.80 Å². The minimum atomic E-state index is -0.219. The molecule has 0 radical (unpaired) electrons. The van der Waals surface area contributed by atoms with Gasteiger partial charge in [-0.1, -0.05) is 6.07 Å². The van der Waals surface area contributed by atoms with Crippen LogP contribution in [0.5, 0.6) is 0 Å². The number of piperazine rings is 1. The van der Waals surface area contributed by atoms with Crippen LogP contribution in [0.2, 0.25) is 0 Å². The van der Waals surface area contributed by atoms with Gasteiger partial charge in [0.25, 0.3) is 0 Å². The predicted octanol–water partition coefficient (Wildman–Crippen LogP) is 1.49. The van der Waals surface area contributed by atoms with E-state index in [-0.39, 0.29) is 6.10 Å². The SMILES string of the molecule is O[C@@H]1CN(C2CSCCSC2)CC[C@H]1N1CCN(c2ccccn2)CC1. The number of β-amino-alcohol motifs (C(OH)–C–C–N with tert-alkyl or cyclic N) is 1. The highest BCUT2D eigenvalue weighted by Crippen LogP contribution is 2.26. The number of pyridine rings is 1. The third-order valence-corrected chi connectivity index (χ3v) is 8.33. The normalized spacial score (nSPS) is 30.3. The van der Waals surface area contributed by atoms with E-state index < -0.39 is 0 Å². The Labute approximate surface area is 165 Å². The van der Waals surface area contributed by atoms with Crippen molar-refractivity contribution in [2.45, 2.75) is 24.6 Å². The van der Waals surface area contributed by atoms with Crippen molar-refractivity contribution >= 4 is 29.3 Å². The molecule has 0 aliphatic carbocycles. The van der Waals surface area contributed by atoms with Crippen molar-refractivity contribution in [2.75, 3.05) is 67.2 Å². The summed E-state index contributed by atoms with van der Waals surface area (Å²) in [5.74, 6) is 6.09. The molecule has 3 aliphatic heterocycles. The van der Waals surface area contributed by atoms with Crippen molar-refractivity contribution in [1.29, 1.82) is 0 Å². The quantitative estimate of drug-likeness (QED) is 0.833. The van der Waals surface area contributed by atoms with Crippen LogP contribution in [-0.2, 0) is 0 Å². The van der Waals surface area contributed by atoms with E-state index in [1.54, 1.807) is 0 Å². The van der Waals surface area contributed by atoms with E-state index in [4.69, 9.17) is 0 Å². The summed E-state index contributed by atoms with van der Waals surface area (Å²) in [5, 5.41) is 10.9. The maximum atomic E-state index is 10.9. The predicted molar refractivity (Wildman–Crippen MR) is 112 cm³/mol. The van der Waals surface area contributed by atoms with Crippen molar-refractivity contribution < 1.29 is 5.11 Å². The lowest BCUT2D eigenvalue weighted by atomic mass is 9.98. The highest BCUT2D eigenvalue weighted by molar-refractivity contribution is 8.03. The summed E-state index contributed by atoms with van der Waals surface area (Å²) in [7, 11) is 0. The van der Waals surface area contributed by atoms with Gasteiger partial charge in [-0.15, -0.1) is 0 Å². The Morgan fingerprint density at radius 1 is 0.962 bits per heavy atom. The van der Waals surface area contributed by atoms with E-state index in [0.717, 1.165) is 51.5 Å². The number of likely N-dealkylation sites (tertiary alicyclic amines) is 1. The van der Waals surface area contributed by atoms with Crippen molar-refractivity contribution in [1.82, 2.24) is 14.8 Å². The second kappa shape index (κ2) is 9.15. The molecule has 4 heterocycles. The summed E-state index contributed by atoms with van der Waals surface area (Å²) in [6.07, 6.45) is 2.74. The highest BCUT2D eigenvalue weighted by atomic mass is 32.2. The number of anilines is 1. The Hall–Kier alpha value is -0.470. The fraction of sp³-hybridized carbons (Fsp3) is 0.737. The van der Waals surface area contributed by atoms with E-state index in [0.29, 0.717) is 12.1 Å². The van der Waals surface area contributed by atoms with Crippen LogP contribution in [0.4, 0.5) is 5.82 Å². The summed E-state index contributed by atoms with van der Waals surface area (Å²) < 4.78 is 0. The lowest BCUT2D eigenvalue weighted by Crippen LogP contribution is -2.60. The molecule has 144 valence electrons. The van der Waals surface area contributed by atoms with Gasteiger partial charge in [0.15, 0.2) is 0 Å². The molecular formula is C19H30N4OS2. The van der Waals surface area contributed by atoms with Crippen LogP contribution >= 0.6 is 23.5 Å². The average molecular weight is 395 g/mol. The van der Waals surface area contributed by atoms with E-state index >= 15 is 0 Å². The molecular weight excluding hydrogens is 364 g/mol. The second-order valence-electron chi connectivity index (χ2n) is 7.43. The van der Waals surface area contributed by atoms with Gasteiger partial charge in [0.2, 0.25) is 0 Å². The maximum absolute atomic E-state index is 10.9. The van der Waals surface area contributed by atoms with Crippen LogP contribution in [0.3, 0.4) is 0 Å². The van der Waals surface area contributed by atoms with Crippen LogP contribution in [0, 0.1) is 0 Å². The zero-order valence-electron chi connectivity index (χ0n) is 15.4. The fourth-order valence-electron chi connectivity index (χ4n) is 4.34. The third-order valence-electron chi connectivity index (χ3n) is 5.84. The Morgan fingerprint density at radius 2 is 1.73 bits per heavy atom. The van der Waals surface area contributed by atoms with Gasteiger partial charge in [-0.2, -0.15) is 23.5 Å². The van der Waals surface area contributed by atoms with Gasteiger partial charge in [-0.05, 0) is 18.6 Å². The standard InChI is InChI=1S/C19H30N4OS2/c24-18-13-23(16-14-25-11-12-26-15-16)6-4-17(18)21-7-9-22(10-8-21)19-3-1-2-5-20-19/h1-3,5,16-18,24H,4,6-15H2/t17-,18-/m1/s1. The molecule has 1 aromatic heterocycles. The number of piperidine rings is 1. The molecule has 3 saturated heterocycles. The molecule has 3 aliphatic rings. The van der Waals surface area contributed by atoms with E-state index in [1.807, 2.05) is 12.3 Å². The fourth-order valence-corrected chi connectivity index (χ4v) is 6.97. The highest BCUT2D eigenvalue weighted by Gasteiger charge is 2.36. The first kappa shape index (κ1) is 18.9. The number of rotatable bonds is 3. The minimum Gasteiger partial charge on any atom is -0.390 e. The number of aromatic nitrogens is 1. The number of aliphatic hydroxyl groups is 1. The Bertz CT molecular complexity index is 548. The van der Waals surface area contributed by atoms with E-state index in [9.17, 15) is 5.11 Å². The molecule has 0 bridgehead atoms. The molecule has 1 aromatic rings. The summed E-state index contributed by atoms with van der Waals surface area (Å²) in [6, 6.07) is 7.08. The first-order valence-corrected chi connectivity index (χ1v) is 12.1. The molecule has 5 nitrogen and oxygen atoms in total. The summed E-state index contributed by atoms with van der Waals surface area (Å²) >= 11 is 4.16. The lowest BCUT2D eigenvalue weighted by molar-refractivity contribution is -0.0222. The molecule has 26 heavy (non-hydrogen) atoms. The summed E-state index contributed by atoms with van der Waals surface area (Å²) in [4.78, 5) is 11.9. The molecule has 1 N–H and O–H groups in total. The first-order valence-electron chi connectivity index (χ1n) is 9.79. The van der Waals surface area contributed by atoms with Gasteiger partial charge >= 0.3 is 0 Å². The van der Waals surface area contributed by atoms with Crippen molar-refractivity contribution in [2.24, 2.45) is 0 Å². The molecule has 0 amide bonds. The Morgan fingerprint density at radius 3 is 2.38 bits per heavy atom. The molecule has 7 heteroatoms. The lowest BCUT2D eigenvalue weighted by Gasteiger charge is -2.46. The third kappa shape index (κ3) is 4.50. The van der Waals surface area contributed by atoms with Crippen LogP contribution in [-0.4, -0.2) is 100 Å². The van der Waals surface area contributed by atoms with E-state index in [2.05, 4.69) is 55.3 Å². The summed E-state index contributed by atoms with van der Waals surface area (Å²) in [5.41, 5.74) is 0. The van der Waals surface area contributed by atoms with Gasteiger partial charge in [0.05, 0.1) is 6.10 Å². The van der Waals surface area contributed by atoms with Gasteiger partial charge in [0.1, 0.15) is 5.82 Å². The molecule has 0 spiro atoms. The Balaban J connectivity index is 1.28. The first-order chi connectivity index (χ1) is 12.8. The van der Waals surface area contributed by atoms with Gasteiger partial charge in [0, 0.05) is 80.6 Å². The van der Waals surface area contributed by atoms with Crippen molar-refractivity contribution in [3.8, 4) is 0 Å². The zero-order chi connectivity index (χ0) is 17.8. The molecule has 0 aromatic carbocycles. The van der Waals surface area contributed by atoms with Crippen LogP contribution in [0.1, 0.15) is 6.42 Å². The van der Waals surface area contributed by atoms with Crippen LogP contribution in [0.25, 0.3) is 0 Å². The van der Waals surface area contributed by atoms with Gasteiger partial charge in [-0.25, -0.2) is 4.98 Å². The number of nitrogens with zero attached hydrogens (tertiary/aromatic N) is 4. The van der Waals surface area contributed by atoms with Crippen LogP contribution in [0.15, 0.2) is 24.4 Å². The monoisotopic (exact) mass is 394 g/mol. The van der Waals surface area contributed by atoms with Gasteiger partial charge < -0.3 is 10.0 Å². The number of aliphatic hydroxyl groups excluding tert-OH is 1. The number of thioether (sulfide) groups is 2. The smallest absolute Gasteiger partial charge is 0.128 e. The number of hydrogen-bond acceptors (Lipinski definition) is 7. The number of hydrogen-bond donors (Lipinski definition) is 1. The minimum absolute atomic E-state index is 0.219. The second-order valence-corrected chi connectivity index (χ2v) is 9.73. The topological polar surface area (TPSA) is 42.8 Å². The summed E-state index contributed by atoms with van der Waals surface area (Å²) in [6.45, 7) is 6.02.